The van der Waals surface area contributed by atoms with Crippen LogP contribution < -0.4 is 10.3 Å². The third-order valence-electron chi connectivity index (χ3n) is 5.03. The van der Waals surface area contributed by atoms with E-state index in [9.17, 15) is 25.0 Å². The van der Waals surface area contributed by atoms with Gasteiger partial charge in [-0.1, -0.05) is 22.0 Å². The van der Waals surface area contributed by atoms with E-state index in [-0.39, 0.29) is 29.3 Å². The van der Waals surface area contributed by atoms with Crippen molar-refractivity contribution in [1.29, 1.82) is 0 Å². The molecule has 3 aromatic carbocycles. The van der Waals surface area contributed by atoms with Crippen LogP contribution in [0.4, 0.5) is 11.4 Å². The number of fused-ring (bicyclic) bond motifs is 1. The van der Waals surface area contributed by atoms with Gasteiger partial charge in [-0.05, 0) is 48.9 Å². The van der Waals surface area contributed by atoms with Crippen LogP contribution in [0.2, 0.25) is 0 Å². The highest BCUT2D eigenvalue weighted by Crippen LogP contribution is 2.31. The summed E-state index contributed by atoms with van der Waals surface area (Å²) in [5.41, 5.74) is 0.591. The van der Waals surface area contributed by atoms with Crippen molar-refractivity contribution in [1.82, 2.24) is 9.66 Å². The quantitative estimate of drug-likeness (QED) is 0.188. The van der Waals surface area contributed by atoms with E-state index < -0.39 is 15.4 Å². The van der Waals surface area contributed by atoms with Gasteiger partial charge in [-0.15, -0.1) is 0 Å². The highest BCUT2D eigenvalue weighted by molar-refractivity contribution is 9.10. The maximum absolute atomic E-state index is 13.0. The number of hydrogen-bond acceptors (Lipinski definition) is 8. The third-order valence-corrected chi connectivity index (χ3v) is 5.53. The fraction of sp³-hybridized carbons (Fsp3) is 0.0870. The molecule has 0 aliphatic rings. The van der Waals surface area contributed by atoms with Crippen molar-refractivity contribution in [2.45, 2.75) is 13.5 Å². The Hall–Kier alpha value is -4.45. The molecule has 0 aliphatic carbocycles. The zero-order chi connectivity index (χ0) is 25.1. The fourth-order valence-electron chi connectivity index (χ4n) is 3.33. The maximum atomic E-state index is 13.0. The maximum Gasteiger partial charge on any atom is 0.311 e. The SMILES string of the molecule is Cc1nc2ccc(Br)cc2c(=O)n1N=Cc1cccc([N+](=O)[O-])c1OCc1ccc([N+](=O)[O-])cc1. The Bertz CT molecular complexity index is 1550. The van der Waals surface area contributed by atoms with Crippen LogP contribution >= 0.6 is 15.9 Å². The molecule has 0 N–H and O–H groups in total. The van der Waals surface area contributed by atoms with Crippen molar-refractivity contribution in [3.63, 3.8) is 0 Å². The smallest absolute Gasteiger partial charge is 0.311 e. The Labute approximate surface area is 205 Å². The Morgan fingerprint density at radius 1 is 1.09 bits per heavy atom. The molecule has 0 bridgehead atoms. The molecule has 35 heavy (non-hydrogen) atoms. The number of rotatable bonds is 7. The summed E-state index contributed by atoms with van der Waals surface area (Å²) < 4.78 is 7.56. The summed E-state index contributed by atoms with van der Waals surface area (Å²) in [4.78, 5) is 38.7. The lowest BCUT2D eigenvalue weighted by Crippen LogP contribution is -2.20. The number of para-hydroxylation sites is 1. The van der Waals surface area contributed by atoms with Crippen molar-refractivity contribution < 1.29 is 14.6 Å². The molecular formula is C23H16BrN5O6. The minimum Gasteiger partial charge on any atom is -0.481 e. The molecular weight excluding hydrogens is 522 g/mol. The van der Waals surface area contributed by atoms with E-state index in [0.717, 1.165) is 4.68 Å². The number of non-ortho nitro benzene ring substituents is 1. The van der Waals surface area contributed by atoms with Gasteiger partial charge < -0.3 is 4.74 Å². The van der Waals surface area contributed by atoms with Gasteiger partial charge >= 0.3 is 5.69 Å². The number of nitro benzene ring substituents is 2. The molecule has 0 saturated carbocycles. The number of nitrogens with zero attached hydrogens (tertiary/aromatic N) is 5. The second kappa shape index (κ2) is 9.81. The number of benzene rings is 3. The molecule has 11 nitrogen and oxygen atoms in total. The van der Waals surface area contributed by atoms with E-state index in [4.69, 9.17) is 4.74 Å². The summed E-state index contributed by atoms with van der Waals surface area (Å²) >= 11 is 3.34. The van der Waals surface area contributed by atoms with Crippen LogP contribution in [0.15, 0.2) is 75.0 Å². The van der Waals surface area contributed by atoms with Gasteiger partial charge in [0, 0.05) is 28.2 Å². The third kappa shape index (κ3) is 5.06. The first kappa shape index (κ1) is 23.7. The van der Waals surface area contributed by atoms with Crippen molar-refractivity contribution in [2.75, 3.05) is 0 Å². The molecule has 0 saturated heterocycles. The lowest BCUT2D eigenvalue weighted by atomic mass is 10.2. The molecule has 0 aliphatic heterocycles. The molecule has 12 heteroatoms. The summed E-state index contributed by atoms with van der Waals surface area (Å²) in [5, 5.41) is 27.0. The topological polar surface area (TPSA) is 143 Å². The van der Waals surface area contributed by atoms with E-state index in [1.54, 1.807) is 31.2 Å². The minimum absolute atomic E-state index is 0.0539. The minimum atomic E-state index is -0.588. The molecule has 1 aromatic heterocycles. The Morgan fingerprint density at radius 2 is 1.83 bits per heavy atom. The molecule has 0 radical (unpaired) electrons. The monoisotopic (exact) mass is 537 g/mol. The molecule has 4 aromatic rings. The van der Waals surface area contributed by atoms with E-state index in [2.05, 4.69) is 26.0 Å². The fourth-order valence-corrected chi connectivity index (χ4v) is 3.69. The van der Waals surface area contributed by atoms with Gasteiger partial charge in [-0.3, -0.25) is 25.0 Å². The van der Waals surface area contributed by atoms with Gasteiger partial charge in [0.25, 0.3) is 11.2 Å². The van der Waals surface area contributed by atoms with E-state index in [1.165, 1.54) is 42.6 Å². The van der Waals surface area contributed by atoms with Crippen LogP contribution in [-0.2, 0) is 6.61 Å². The van der Waals surface area contributed by atoms with Crippen molar-refractivity contribution in [3.8, 4) is 5.75 Å². The Balaban J connectivity index is 1.70. The summed E-state index contributed by atoms with van der Waals surface area (Å²) in [6, 6.07) is 15.1. The van der Waals surface area contributed by atoms with Crippen LogP contribution in [0.1, 0.15) is 17.0 Å². The lowest BCUT2D eigenvalue weighted by Gasteiger charge is -2.10. The van der Waals surface area contributed by atoms with Crippen molar-refractivity contribution in [3.05, 3.63) is 113 Å². The summed E-state index contributed by atoms with van der Waals surface area (Å²) in [7, 11) is 0. The number of halogens is 1. The molecule has 0 fully saturated rings. The van der Waals surface area contributed by atoms with Gasteiger partial charge in [0.05, 0.1) is 27.0 Å². The van der Waals surface area contributed by atoms with Crippen molar-refractivity contribution >= 4 is 44.4 Å². The molecule has 0 unspecified atom stereocenters. The molecule has 0 amide bonds. The average molecular weight is 538 g/mol. The van der Waals surface area contributed by atoms with Crippen LogP contribution in [0, 0.1) is 27.2 Å². The molecule has 176 valence electrons. The van der Waals surface area contributed by atoms with Crippen LogP contribution in [0.5, 0.6) is 5.75 Å². The van der Waals surface area contributed by atoms with Gasteiger partial charge in [-0.25, -0.2) is 4.98 Å². The van der Waals surface area contributed by atoms with Crippen LogP contribution in [-0.4, -0.2) is 25.7 Å². The predicted molar refractivity (Wildman–Crippen MR) is 132 cm³/mol. The molecule has 0 spiro atoms. The highest BCUT2D eigenvalue weighted by atomic mass is 79.9. The highest BCUT2D eigenvalue weighted by Gasteiger charge is 2.19. The number of nitro groups is 2. The first-order valence-corrected chi connectivity index (χ1v) is 10.9. The summed E-state index contributed by atoms with van der Waals surface area (Å²) in [6.45, 7) is 1.55. The number of ether oxygens (including phenoxy) is 1. The van der Waals surface area contributed by atoms with E-state index in [0.29, 0.717) is 26.8 Å². The lowest BCUT2D eigenvalue weighted by molar-refractivity contribution is -0.386. The zero-order valence-electron chi connectivity index (χ0n) is 18.1. The van der Waals surface area contributed by atoms with Crippen LogP contribution in [0.25, 0.3) is 10.9 Å². The normalized spacial score (nSPS) is 11.1. The van der Waals surface area contributed by atoms with Crippen molar-refractivity contribution in [2.24, 2.45) is 5.10 Å². The standard InChI is InChI=1S/C23H16BrN5O6/c1-14-26-20-10-7-17(24)11-19(20)23(30)27(14)25-12-16-3-2-4-21(29(33)34)22(16)35-13-15-5-8-18(9-6-15)28(31)32/h2-12H,13H2,1H3. The van der Waals surface area contributed by atoms with Gasteiger partial charge in [0.15, 0.2) is 0 Å². The van der Waals surface area contributed by atoms with Gasteiger partial charge in [-0.2, -0.15) is 9.78 Å². The summed E-state index contributed by atoms with van der Waals surface area (Å²) in [6.07, 6.45) is 1.29. The van der Waals surface area contributed by atoms with Gasteiger partial charge in [0.1, 0.15) is 12.4 Å². The zero-order valence-corrected chi connectivity index (χ0v) is 19.7. The van der Waals surface area contributed by atoms with Crippen LogP contribution in [0.3, 0.4) is 0 Å². The first-order valence-electron chi connectivity index (χ1n) is 10.1. The average Bonchev–Trinajstić information content (AvgIpc) is 2.83. The summed E-state index contributed by atoms with van der Waals surface area (Å²) in [5.74, 6) is 0.279. The number of aryl methyl sites for hydroxylation is 1. The predicted octanol–water partition coefficient (Wildman–Crippen LogP) is 4.75. The number of hydrogen-bond donors (Lipinski definition) is 0. The second-order valence-electron chi connectivity index (χ2n) is 7.35. The van der Waals surface area contributed by atoms with E-state index >= 15 is 0 Å². The second-order valence-corrected chi connectivity index (χ2v) is 8.26. The Kier molecular flexibility index (Phi) is 6.64. The largest absolute Gasteiger partial charge is 0.481 e. The molecule has 4 rings (SSSR count). The first-order chi connectivity index (χ1) is 16.7. The van der Waals surface area contributed by atoms with Gasteiger partial charge in [0.2, 0.25) is 5.75 Å². The van der Waals surface area contributed by atoms with E-state index in [1.807, 2.05) is 0 Å². The molecule has 0 atom stereocenters. The molecule has 1 heterocycles. The Morgan fingerprint density at radius 3 is 2.51 bits per heavy atom. The number of aromatic nitrogens is 2.